The minimum Gasteiger partial charge on any atom is -0.493 e. The van der Waals surface area contributed by atoms with Gasteiger partial charge in [-0.2, -0.15) is 0 Å². The van der Waals surface area contributed by atoms with Gasteiger partial charge in [-0.05, 0) is 133 Å². The summed E-state index contributed by atoms with van der Waals surface area (Å²) in [5.74, 6) is 2.54. The monoisotopic (exact) mass is 720 g/mol. The lowest BCUT2D eigenvalue weighted by atomic mass is 9.33. The van der Waals surface area contributed by atoms with Crippen LogP contribution in [0.15, 0.2) is 42.0 Å². The summed E-state index contributed by atoms with van der Waals surface area (Å²) < 4.78 is 13.2. The fourth-order valence-electron chi connectivity index (χ4n) is 12.1. The Morgan fingerprint density at radius 1 is 0.898 bits per heavy atom. The largest absolute Gasteiger partial charge is 0.493 e. The molecule has 1 heterocycles. The first-order valence-corrected chi connectivity index (χ1v) is 21.4. The van der Waals surface area contributed by atoms with Gasteiger partial charge in [0.2, 0.25) is 0 Å². The lowest BCUT2D eigenvalue weighted by Gasteiger charge is -2.70. The SMILES string of the molecule is CC1(C)CC[C@]2(C(=O)OCCCOc3ccc(-c4cc(=S)ss4)cc3)CC[C@]3(C)C(=CC[C@@H]4[C@@]5(C)CCC(=O)C(C)(C)[C@@H]5CC[C@]43C)[C@@H]2C1. The lowest BCUT2D eigenvalue weighted by Crippen LogP contribution is -2.64. The normalized spacial score (nSPS) is 37.5. The molecule has 266 valence electrons. The third-order valence-electron chi connectivity index (χ3n) is 15.2. The van der Waals surface area contributed by atoms with E-state index in [1.807, 2.05) is 18.2 Å². The highest BCUT2D eigenvalue weighted by Gasteiger charge is 2.69. The molecule has 1 aromatic carbocycles. The highest BCUT2D eigenvalue weighted by atomic mass is 32.9. The summed E-state index contributed by atoms with van der Waals surface area (Å²) in [6, 6.07) is 10.2. The Kier molecular flexibility index (Phi) is 9.00. The van der Waals surface area contributed by atoms with Crippen LogP contribution in [-0.4, -0.2) is 25.0 Å². The fourth-order valence-corrected chi connectivity index (χ4v) is 14.5. The molecule has 5 aliphatic rings. The Hall–Kier alpha value is -1.83. The van der Waals surface area contributed by atoms with Crippen molar-refractivity contribution < 1.29 is 19.1 Å². The quantitative estimate of drug-likeness (QED) is 0.0937. The van der Waals surface area contributed by atoms with Crippen LogP contribution in [0.25, 0.3) is 10.4 Å². The summed E-state index contributed by atoms with van der Waals surface area (Å²) in [6.07, 6.45) is 13.4. The Morgan fingerprint density at radius 3 is 2.35 bits per heavy atom. The van der Waals surface area contributed by atoms with Crippen molar-refractivity contribution in [1.29, 1.82) is 0 Å². The van der Waals surface area contributed by atoms with Crippen LogP contribution in [0.2, 0.25) is 0 Å². The zero-order chi connectivity index (χ0) is 35.0. The van der Waals surface area contributed by atoms with Crippen LogP contribution in [0.4, 0.5) is 0 Å². The van der Waals surface area contributed by atoms with E-state index < -0.39 is 5.41 Å². The van der Waals surface area contributed by atoms with E-state index in [0.717, 1.165) is 72.9 Å². The van der Waals surface area contributed by atoms with Crippen LogP contribution >= 0.6 is 32.9 Å². The minimum absolute atomic E-state index is 0.0221. The predicted octanol–water partition coefficient (Wildman–Crippen LogP) is 11.9. The number of carbonyl (C=O) groups is 2. The van der Waals surface area contributed by atoms with E-state index in [2.05, 4.69) is 66.7 Å². The zero-order valence-electron chi connectivity index (χ0n) is 30.7. The highest BCUT2D eigenvalue weighted by molar-refractivity contribution is 7.80. The van der Waals surface area contributed by atoms with Crippen LogP contribution in [0.5, 0.6) is 5.75 Å². The number of carbonyl (C=O) groups excluding carboxylic acids is 2. The molecular weight excluding hydrogens is 665 g/mol. The number of hydrogen-bond acceptors (Lipinski definition) is 7. The molecule has 4 fully saturated rings. The van der Waals surface area contributed by atoms with E-state index in [4.69, 9.17) is 21.7 Å². The van der Waals surface area contributed by atoms with Crippen LogP contribution in [0.1, 0.15) is 119 Å². The zero-order valence-corrected chi connectivity index (χ0v) is 33.2. The summed E-state index contributed by atoms with van der Waals surface area (Å²) in [6.45, 7) is 17.8. The molecule has 0 bridgehead atoms. The maximum atomic E-state index is 14.3. The highest BCUT2D eigenvalue weighted by Crippen LogP contribution is 2.75. The number of ketones is 1. The molecule has 0 saturated heterocycles. The van der Waals surface area contributed by atoms with Crippen molar-refractivity contribution in [3.05, 3.63) is 45.8 Å². The molecule has 0 aliphatic heterocycles. The average molecular weight is 721 g/mol. The number of benzene rings is 1. The van der Waals surface area contributed by atoms with Gasteiger partial charge in [-0.25, -0.2) is 0 Å². The maximum absolute atomic E-state index is 14.3. The van der Waals surface area contributed by atoms with Crippen molar-refractivity contribution >= 4 is 44.7 Å². The standard InChI is InChI=1S/C42H56O4S3/c1-37(2)19-21-42(36(44)46-24-8-23-45-28-11-9-27(10-12-28)31-25-35(47)49-48-31)22-20-40(6)29(30(42)26-37)13-14-33-39(5)17-16-34(43)38(3,4)32(39)15-18-41(33,40)7/h9-13,25,30,32-33H,8,14-24,26H2,1-7H3/t30-,32-,33+,39-,40+,41+,42-/m0/s1. The molecule has 5 aliphatic carbocycles. The summed E-state index contributed by atoms with van der Waals surface area (Å²) in [5, 5.41) is 0. The third kappa shape index (κ3) is 5.66. The Labute approximate surface area is 306 Å². The third-order valence-corrected chi connectivity index (χ3v) is 18.1. The van der Waals surface area contributed by atoms with Gasteiger partial charge in [-0.3, -0.25) is 9.59 Å². The number of allylic oxidation sites excluding steroid dienone is 2. The summed E-state index contributed by atoms with van der Waals surface area (Å²) in [7, 11) is 3.33. The van der Waals surface area contributed by atoms with Gasteiger partial charge in [0.1, 0.15) is 15.4 Å². The number of fused-ring (bicyclic) bond motifs is 7. The summed E-state index contributed by atoms with van der Waals surface area (Å²) in [5.41, 5.74) is 2.61. The number of esters is 1. The molecule has 0 amide bonds. The number of ether oxygens (including phenoxy) is 2. The van der Waals surface area contributed by atoms with Crippen molar-refractivity contribution in [2.75, 3.05) is 13.2 Å². The van der Waals surface area contributed by atoms with Gasteiger partial charge in [0.05, 0.1) is 18.6 Å². The Balaban J connectivity index is 1.06. The van der Waals surface area contributed by atoms with Crippen LogP contribution in [-0.2, 0) is 14.3 Å². The smallest absolute Gasteiger partial charge is 0.312 e. The van der Waals surface area contributed by atoms with Crippen molar-refractivity contribution in [3.63, 3.8) is 0 Å². The second-order valence-electron chi connectivity index (χ2n) is 18.4. The molecule has 0 radical (unpaired) electrons. The van der Waals surface area contributed by atoms with Crippen LogP contribution in [0, 0.1) is 54.1 Å². The summed E-state index contributed by atoms with van der Waals surface area (Å²) in [4.78, 5) is 28.6. The fraction of sp³-hybridized carbons (Fsp3) is 0.690. The topological polar surface area (TPSA) is 52.6 Å². The molecule has 7 atom stereocenters. The van der Waals surface area contributed by atoms with Crippen LogP contribution in [0.3, 0.4) is 0 Å². The molecule has 7 rings (SSSR count). The molecule has 0 spiro atoms. The van der Waals surface area contributed by atoms with E-state index in [1.165, 1.54) is 11.3 Å². The second kappa shape index (κ2) is 12.4. The van der Waals surface area contributed by atoms with E-state index in [1.54, 1.807) is 26.3 Å². The van der Waals surface area contributed by atoms with Gasteiger partial charge >= 0.3 is 5.97 Å². The van der Waals surface area contributed by atoms with Crippen molar-refractivity contribution in [2.45, 2.75) is 119 Å². The van der Waals surface area contributed by atoms with Gasteiger partial charge in [0.25, 0.3) is 0 Å². The first-order chi connectivity index (χ1) is 23.1. The van der Waals surface area contributed by atoms with Gasteiger partial charge < -0.3 is 9.47 Å². The van der Waals surface area contributed by atoms with Crippen molar-refractivity contribution in [2.24, 2.45) is 50.2 Å². The molecule has 7 heteroatoms. The molecule has 0 N–H and O–H groups in total. The molecule has 4 nitrogen and oxygen atoms in total. The Bertz CT molecular complexity index is 1700. The molecular formula is C42H56O4S3. The van der Waals surface area contributed by atoms with Gasteiger partial charge in [0, 0.05) is 23.1 Å². The van der Waals surface area contributed by atoms with E-state index >= 15 is 0 Å². The molecule has 0 unspecified atom stereocenters. The predicted molar refractivity (Wildman–Crippen MR) is 204 cm³/mol. The molecule has 1 aromatic heterocycles. The van der Waals surface area contributed by atoms with Crippen molar-refractivity contribution in [3.8, 4) is 16.2 Å². The number of rotatable bonds is 7. The molecule has 49 heavy (non-hydrogen) atoms. The molecule has 2 aromatic rings. The first-order valence-electron chi connectivity index (χ1n) is 18.8. The van der Waals surface area contributed by atoms with Crippen LogP contribution < -0.4 is 4.74 Å². The van der Waals surface area contributed by atoms with Gasteiger partial charge in [0.15, 0.2) is 0 Å². The number of hydrogen-bond donors (Lipinski definition) is 0. The van der Waals surface area contributed by atoms with Gasteiger partial charge in [-0.15, -0.1) is 0 Å². The second-order valence-corrected chi connectivity index (χ2v) is 21.3. The minimum atomic E-state index is -0.436. The van der Waals surface area contributed by atoms with Gasteiger partial charge in [-0.1, -0.05) is 93.0 Å². The summed E-state index contributed by atoms with van der Waals surface area (Å²) >= 11 is 5.28. The maximum Gasteiger partial charge on any atom is 0.312 e. The number of Topliss-reactive ketones (excluding diaryl/α,β-unsaturated/α-hetero) is 1. The lowest BCUT2D eigenvalue weighted by molar-refractivity contribution is -0.191. The molecule has 4 saturated carbocycles. The van der Waals surface area contributed by atoms with E-state index in [-0.39, 0.29) is 39.0 Å². The van der Waals surface area contributed by atoms with E-state index in [0.29, 0.717) is 37.3 Å². The average Bonchev–Trinajstić information content (AvgIpc) is 3.49. The van der Waals surface area contributed by atoms with E-state index in [9.17, 15) is 9.59 Å². The Morgan fingerprint density at radius 2 is 1.63 bits per heavy atom. The van der Waals surface area contributed by atoms with Crippen molar-refractivity contribution in [1.82, 2.24) is 0 Å². The first kappa shape index (κ1) is 35.6.